The van der Waals surface area contributed by atoms with Crippen LogP contribution in [0, 0.1) is 0 Å². The van der Waals surface area contributed by atoms with Crippen molar-refractivity contribution in [2.24, 2.45) is 0 Å². The summed E-state index contributed by atoms with van der Waals surface area (Å²) in [6.45, 7) is 2.83. The van der Waals surface area contributed by atoms with Crippen molar-refractivity contribution >= 4 is 16.7 Å². The number of carboxylic acids is 1. The fraction of sp³-hybridized carbons (Fsp3) is 0.522. The first-order valence-electron chi connectivity index (χ1n) is 10.1. The zero-order chi connectivity index (χ0) is 19.5. The Morgan fingerprint density at radius 2 is 1.74 bits per heavy atom. The van der Waals surface area contributed by atoms with Gasteiger partial charge in [0.05, 0.1) is 12.7 Å². The minimum atomic E-state index is -0.990. The number of hydrogen-bond donors (Lipinski definition) is 1. The number of hydrogen-bond acceptors (Lipinski definition) is 4. The van der Waals surface area contributed by atoms with Crippen LogP contribution in [0.2, 0.25) is 0 Å². The van der Waals surface area contributed by atoms with Crippen LogP contribution in [0.1, 0.15) is 76.4 Å². The molecule has 1 unspecified atom stereocenters. The van der Waals surface area contributed by atoms with Crippen molar-refractivity contribution in [2.75, 3.05) is 6.61 Å². The lowest BCUT2D eigenvalue weighted by Gasteiger charge is -2.18. The van der Waals surface area contributed by atoms with Crippen molar-refractivity contribution in [3.05, 3.63) is 42.0 Å². The smallest absolute Gasteiger partial charge is 0.125 e. The fourth-order valence-corrected chi connectivity index (χ4v) is 3.27. The first kappa shape index (κ1) is 21.2. The number of benzene rings is 2. The minimum Gasteiger partial charge on any atom is -0.550 e. The Balaban J connectivity index is 1.98. The van der Waals surface area contributed by atoms with Crippen LogP contribution in [0.4, 0.5) is 0 Å². The van der Waals surface area contributed by atoms with E-state index in [-0.39, 0.29) is 6.42 Å². The zero-order valence-electron chi connectivity index (χ0n) is 16.3. The van der Waals surface area contributed by atoms with E-state index in [1.807, 2.05) is 30.3 Å². The van der Waals surface area contributed by atoms with Gasteiger partial charge in [-0.1, -0.05) is 63.3 Å². The summed E-state index contributed by atoms with van der Waals surface area (Å²) < 4.78 is 6.01. The molecule has 2 rings (SSSR count). The summed E-state index contributed by atoms with van der Waals surface area (Å²) in [5.74, 6) is -0.217. The van der Waals surface area contributed by atoms with E-state index in [2.05, 4.69) is 13.0 Å². The second-order valence-corrected chi connectivity index (χ2v) is 7.13. The predicted molar refractivity (Wildman–Crippen MR) is 107 cm³/mol. The maximum atomic E-state index is 10.7. The highest BCUT2D eigenvalue weighted by molar-refractivity contribution is 5.85. The number of fused-ring (bicyclic) bond motifs is 1. The third-order valence-corrected chi connectivity index (χ3v) is 4.85. The number of ether oxygens (including phenoxy) is 1. The predicted octanol–water partition coefficient (Wildman–Crippen LogP) is 4.53. The maximum absolute atomic E-state index is 10.7. The molecule has 0 aliphatic heterocycles. The van der Waals surface area contributed by atoms with Crippen molar-refractivity contribution in [3.63, 3.8) is 0 Å². The first-order valence-corrected chi connectivity index (χ1v) is 10.1. The van der Waals surface area contributed by atoms with Crippen molar-refractivity contribution in [1.82, 2.24) is 0 Å². The molecule has 1 atom stereocenters. The second-order valence-electron chi connectivity index (χ2n) is 7.13. The van der Waals surface area contributed by atoms with Crippen LogP contribution in [0.15, 0.2) is 36.4 Å². The summed E-state index contributed by atoms with van der Waals surface area (Å²) in [5, 5.41) is 23.4. The molecule has 0 aliphatic rings. The SMILES string of the molecule is CCCCCOc1cc2ccccc2cc1C(O)CCCCCCC(=O)[O-]. The molecular formula is C23H31O4-. The Morgan fingerprint density at radius 1 is 1.04 bits per heavy atom. The number of aliphatic hydroxyl groups excluding tert-OH is 1. The van der Waals surface area contributed by atoms with Crippen molar-refractivity contribution in [3.8, 4) is 5.75 Å². The van der Waals surface area contributed by atoms with Crippen molar-refractivity contribution in [2.45, 2.75) is 70.8 Å². The summed E-state index contributed by atoms with van der Waals surface area (Å²) in [6.07, 6.45) is 6.73. The van der Waals surface area contributed by atoms with Crippen LogP contribution in [0.25, 0.3) is 10.8 Å². The Bertz CT molecular complexity index is 711. The molecule has 0 bridgehead atoms. The molecule has 0 fully saturated rings. The van der Waals surface area contributed by atoms with Gasteiger partial charge in [0.1, 0.15) is 5.75 Å². The molecule has 0 amide bonds. The monoisotopic (exact) mass is 371 g/mol. The first-order chi connectivity index (χ1) is 13.1. The molecule has 1 N–H and O–H groups in total. The number of unbranched alkanes of at least 4 members (excludes halogenated alkanes) is 5. The zero-order valence-corrected chi connectivity index (χ0v) is 16.3. The van der Waals surface area contributed by atoms with Crippen LogP contribution >= 0.6 is 0 Å². The fourth-order valence-electron chi connectivity index (χ4n) is 3.27. The summed E-state index contributed by atoms with van der Waals surface area (Å²) in [6, 6.07) is 12.2. The van der Waals surface area contributed by atoms with Gasteiger partial charge in [-0.15, -0.1) is 0 Å². The van der Waals surface area contributed by atoms with E-state index in [4.69, 9.17) is 4.74 Å². The molecule has 148 valence electrons. The van der Waals surface area contributed by atoms with Gasteiger partial charge in [-0.25, -0.2) is 0 Å². The van der Waals surface area contributed by atoms with Crippen LogP contribution in [-0.4, -0.2) is 17.7 Å². The highest BCUT2D eigenvalue weighted by atomic mass is 16.5. The average molecular weight is 371 g/mol. The molecule has 27 heavy (non-hydrogen) atoms. The molecule has 4 nitrogen and oxygen atoms in total. The Morgan fingerprint density at radius 3 is 2.44 bits per heavy atom. The van der Waals surface area contributed by atoms with Crippen molar-refractivity contribution < 1.29 is 19.7 Å². The van der Waals surface area contributed by atoms with E-state index < -0.39 is 12.1 Å². The minimum absolute atomic E-state index is 0.114. The Kier molecular flexibility index (Phi) is 9.12. The largest absolute Gasteiger partial charge is 0.550 e. The van der Waals surface area contributed by atoms with Crippen molar-refractivity contribution in [1.29, 1.82) is 0 Å². The van der Waals surface area contributed by atoms with Gasteiger partial charge in [0.25, 0.3) is 0 Å². The molecule has 0 aliphatic carbocycles. The quantitative estimate of drug-likeness (QED) is 0.525. The van der Waals surface area contributed by atoms with E-state index in [0.717, 1.165) is 60.6 Å². The molecular weight excluding hydrogens is 340 g/mol. The third kappa shape index (κ3) is 7.22. The topological polar surface area (TPSA) is 69.6 Å². The number of carbonyl (C=O) groups is 1. The number of carbonyl (C=O) groups excluding carboxylic acids is 1. The van der Waals surface area contributed by atoms with E-state index >= 15 is 0 Å². The van der Waals surface area contributed by atoms with Crippen LogP contribution in [0.5, 0.6) is 5.75 Å². The van der Waals surface area contributed by atoms with Gasteiger partial charge in [-0.05, 0) is 48.6 Å². The molecule has 0 heterocycles. The normalized spacial score (nSPS) is 12.2. The van der Waals surface area contributed by atoms with Gasteiger partial charge in [0, 0.05) is 11.5 Å². The van der Waals surface area contributed by atoms with E-state index in [1.165, 1.54) is 0 Å². The molecule has 2 aromatic carbocycles. The second kappa shape index (κ2) is 11.6. The van der Waals surface area contributed by atoms with Gasteiger partial charge in [0.15, 0.2) is 0 Å². The molecule has 0 spiro atoms. The van der Waals surface area contributed by atoms with Crippen LogP contribution in [-0.2, 0) is 4.79 Å². The van der Waals surface area contributed by atoms with E-state index in [9.17, 15) is 15.0 Å². The summed E-state index contributed by atoms with van der Waals surface area (Å²) >= 11 is 0. The molecule has 0 saturated heterocycles. The molecule has 2 aromatic rings. The maximum Gasteiger partial charge on any atom is 0.125 e. The molecule has 0 aromatic heterocycles. The Labute approximate surface area is 162 Å². The standard InChI is InChI=1S/C23H32O4/c1-2-3-10-15-27-22-17-19-12-9-8-11-18(19)16-20(22)21(24)13-6-4-5-7-14-23(25)26/h8-9,11-12,16-17,21,24H,2-7,10,13-15H2,1H3,(H,25,26)/p-1. The molecule has 0 radical (unpaired) electrons. The Hall–Kier alpha value is -2.07. The van der Waals surface area contributed by atoms with Gasteiger partial charge >= 0.3 is 0 Å². The molecule has 0 saturated carbocycles. The summed E-state index contributed by atoms with van der Waals surface area (Å²) in [4.78, 5) is 10.4. The number of aliphatic hydroxyl groups is 1. The lowest BCUT2D eigenvalue weighted by Crippen LogP contribution is -2.21. The lowest BCUT2D eigenvalue weighted by molar-refractivity contribution is -0.305. The summed E-state index contributed by atoms with van der Waals surface area (Å²) in [5.41, 5.74) is 0.847. The van der Waals surface area contributed by atoms with Crippen LogP contribution < -0.4 is 9.84 Å². The van der Waals surface area contributed by atoms with Gasteiger partial charge in [-0.3, -0.25) is 0 Å². The number of carboxylic acid groups (broad SMARTS) is 1. The third-order valence-electron chi connectivity index (χ3n) is 4.85. The highest BCUT2D eigenvalue weighted by Crippen LogP contribution is 2.33. The average Bonchev–Trinajstić information content (AvgIpc) is 2.67. The summed E-state index contributed by atoms with van der Waals surface area (Å²) in [7, 11) is 0. The van der Waals surface area contributed by atoms with E-state index in [1.54, 1.807) is 0 Å². The van der Waals surface area contributed by atoms with Gasteiger partial charge in [0.2, 0.25) is 0 Å². The van der Waals surface area contributed by atoms with Gasteiger partial charge in [-0.2, -0.15) is 0 Å². The van der Waals surface area contributed by atoms with Gasteiger partial charge < -0.3 is 19.7 Å². The van der Waals surface area contributed by atoms with Crippen LogP contribution in [0.3, 0.4) is 0 Å². The lowest BCUT2D eigenvalue weighted by atomic mass is 9.98. The highest BCUT2D eigenvalue weighted by Gasteiger charge is 2.15. The number of rotatable bonds is 13. The molecule has 4 heteroatoms. The van der Waals surface area contributed by atoms with E-state index in [0.29, 0.717) is 19.4 Å². The number of aliphatic carboxylic acids is 1.